The van der Waals surface area contributed by atoms with Gasteiger partial charge in [0.15, 0.2) is 0 Å². The number of ether oxygens (including phenoxy) is 2. The van der Waals surface area contributed by atoms with E-state index in [0.29, 0.717) is 6.61 Å². The second-order valence-corrected chi connectivity index (χ2v) is 4.00. The Balaban J connectivity index is 2.24. The standard InChI is InChI=1S/C11H22N2O3/c1-3-16-11(14)12-10-5-4-6-13(9-10)7-8-15-2/h10H,3-9H2,1-2H3,(H,12,14)/t10-/m0/s1. The third-order valence-corrected chi connectivity index (χ3v) is 2.71. The second-order valence-electron chi connectivity index (χ2n) is 4.00. The van der Waals surface area contributed by atoms with Crippen molar-refractivity contribution in [3.63, 3.8) is 0 Å². The zero-order chi connectivity index (χ0) is 11.8. The van der Waals surface area contributed by atoms with Crippen molar-refractivity contribution >= 4 is 6.09 Å². The Kier molecular flexibility index (Phi) is 6.18. The minimum Gasteiger partial charge on any atom is -0.450 e. The quantitative estimate of drug-likeness (QED) is 0.760. The Morgan fingerprint density at radius 3 is 3.06 bits per heavy atom. The number of carbonyl (C=O) groups excluding carboxylic acids is 1. The summed E-state index contributed by atoms with van der Waals surface area (Å²) < 4.78 is 9.91. The summed E-state index contributed by atoms with van der Waals surface area (Å²) in [6.07, 6.45) is 1.84. The molecule has 5 heteroatoms. The van der Waals surface area contributed by atoms with Crippen molar-refractivity contribution in [3.05, 3.63) is 0 Å². The second kappa shape index (κ2) is 7.46. The summed E-state index contributed by atoms with van der Waals surface area (Å²) in [6.45, 7) is 5.88. The Labute approximate surface area is 97.1 Å². The molecule has 1 fully saturated rings. The largest absolute Gasteiger partial charge is 0.450 e. The summed E-state index contributed by atoms with van der Waals surface area (Å²) >= 11 is 0. The monoisotopic (exact) mass is 230 g/mol. The predicted octanol–water partition coefficient (Wildman–Crippen LogP) is 0.843. The molecule has 0 spiro atoms. The highest BCUT2D eigenvalue weighted by atomic mass is 16.5. The first-order valence-corrected chi connectivity index (χ1v) is 5.90. The number of hydrogen-bond donors (Lipinski definition) is 1. The molecular formula is C11H22N2O3. The number of nitrogens with zero attached hydrogens (tertiary/aromatic N) is 1. The Morgan fingerprint density at radius 1 is 1.56 bits per heavy atom. The van der Waals surface area contributed by atoms with Crippen LogP contribution in [0.25, 0.3) is 0 Å². The van der Waals surface area contributed by atoms with E-state index in [0.717, 1.165) is 39.1 Å². The topological polar surface area (TPSA) is 50.8 Å². The fraction of sp³-hybridized carbons (Fsp3) is 0.909. The summed E-state index contributed by atoms with van der Waals surface area (Å²) in [7, 11) is 1.71. The Bertz CT molecular complexity index is 211. The number of methoxy groups -OCH3 is 1. The van der Waals surface area contributed by atoms with Crippen LogP contribution in [-0.4, -0.2) is 57.0 Å². The van der Waals surface area contributed by atoms with Crippen LogP contribution in [0.2, 0.25) is 0 Å². The lowest BCUT2D eigenvalue weighted by molar-refractivity contribution is 0.113. The van der Waals surface area contributed by atoms with Crippen LogP contribution in [0.4, 0.5) is 4.79 Å². The number of alkyl carbamates (subject to hydrolysis) is 1. The summed E-state index contributed by atoms with van der Waals surface area (Å²) in [5.74, 6) is 0. The highest BCUT2D eigenvalue weighted by Gasteiger charge is 2.21. The highest BCUT2D eigenvalue weighted by Crippen LogP contribution is 2.09. The van der Waals surface area contributed by atoms with Gasteiger partial charge in [-0.05, 0) is 26.3 Å². The van der Waals surface area contributed by atoms with E-state index in [2.05, 4.69) is 10.2 Å². The van der Waals surface area contributed by atoms with Gasteiger partial charge in [0.05, 0.1) is 13.2 Å². The van der Waals surface area contributed by atoms with E-state index in [4.69, 9.17) is 9.47 Å². The number of likely N-dealkylation sites (tertiary alicyclic amines) is 1. The van der Waals surface area contributed by atoms with E-state index in [1.54, 1.807) is 7.11 Å². The molecule has 1 N–H and O–H groups in total. The fourth-order valence-electron chi connectivity index (χ4n) is 1.94. The van der Waals surface area contributed by atoms with E-state index in [1.807, 2.05) is 6.92 Å². The molecule has 16 heavy (non-hydrogen) atoms. The van der Waals surface area contributed by atoms with E-state index < -0.39 is 0 Å². The molecule has 1 amide bonds. The van der Waals surface area contributed by atoms with E-state index >= 15 is 0 Å². The maximum atomic E-state index is 11.3. The fourth-order valence-corrected chi connectivity index (χ4v) is 1.94. The zero-order valence-corrected chi connectivity index (χ0v) is 10.2. The SMILES string of the molecule is CCOC(=O)N[C@H]1CCCN(CCOC)C1. The van der Waals surface area contributed by atoms with Gasteiger partial charge in [0, 0.05) is 26.2 Å². The first-order valence-electron chi connectivity index (χ1n) is 5.90. The highest BCUT2D eigenvalue weighted by molar-refractivity contribution is 5.67. The average Bonchev–Trinajstić information content (AvgIpc) is 2.27. The molecule has 0 unspecified atom stereocenters. The molecule has 1 saturated heterocycles. The Hall–Kier alpha value is -0.810. The lowest BCUT2D eigenvalue weighted by atomic mass is 10.1. The summed E-state index contributed by atoms with van der Waals surface area (Å²) in [4.78, 5) is 13.6. The first kappa shape index (κ1) is 13.3. The molecule has 0 aromatic carbocycles. The van der Waals surface area contributed by atoms with Crippen LogP contribution >= 0.6 is 0 Å². The molecule has 1 atom stereocenters. The summed E-state index contributed by atoms with van der Waals surface area (Å²) in [6, 6.07) is 0.213. The van der Waals surface area contributed by atoms with Crippen molar-refractivity contribution < 1.29 is 14.3 Å². The van der Waals surface area contributed by atoms with Crippen LogP contribution < -0.4 is 5.32 Å². The molecule has 94 valence electrons. The lowest BCUT2D eigenvalue weighted by Crippen LogP contribution is -2.48. The number of piperidine rings is 1. The van der Waals surface area contributed by atoms with Gasteiger partial charge in [-0.15, -0.1) is 0 Å². The molecule has 1 rings (SSSR count). The van der Waals surface area contributed by atoms with Gasteiger partial charge in [0.25, 0.3) is 0 Å². The van der Waals surface area contributed by atoms with Crippen LogP contribution in [0.15, 0.2) is 0 Å². The molecule has 0 aromatic heterocycles. The van der Waals surface area contributed by atoms with Gasteiger partial charge in [-0.2, -0.15) is 0 Å². The van der Waals surface area contributed by atoms with Crippen molar-refractivity contribution in [3.8, 4) is 0 Å². The number of rotatable bonds is 5. The van der Waals surface area contributed by atoms with E-state index in [-0.39, 0.29) is 12.1 Å². The minimum atomic E-state index is -0.305. The molecule has 0 radical (unpaired) electrons. The van der Waals surface area contributed by atoms with Gasteiger partial charge in [0.2, 0.25) is 0 Å². The first-order chi connectivity index (χ1) is 7.76. The lowest BCUT2D eigenvalue weighted by Gasteiger charge is -2.32. The van der Waals surface area contributed by atoms with Gasteiger partial charge in [-0.25, -0.2) is 4.79 Å². The van der Waals surface area contributed by atoms with Crippen molar-refractivity contribution in [2.45, 2.75) is 25.8 Å². The van der Waals surface area contributed by atoms with Crippen molar-refractivity contribution in [2.75, 3.05) is 40.0 Å². The van der Waals surface area contributed by atoms with E-state index in [9.17, 15) is 4.79 Å². The third-order valence-electron chi connectivity index (χ3n) is 2.71. The molecule has 5 nitrogen and oxygen atoms in total. The number of carbonyl (C=O) groups is 1. The van der Waals surface area contributed by atoms with Crippen LogP contribution in [0.3, 0.4) is 0 Å². The maximum absolute atomic E-state index is 11.3. The average molecular weight is 230 g/mol. The number of amides is 1. The smallest absolute Gasteiger partial charge is 0.407 e. The normalized spacial score (nSPS) is 21.8. The Morgan fingerprint density at radius 2 is 2.38 bits per heavy atom. The zero-order valence-electron chi connectivity index (χ0n) is 10.2. The van der Waals surface area contributed by atoms with Crippen LogP contribution in [0.1, 0.15) is 19.8 Å². The molecule has 1 aliphatic heterocycles. The molecule has 1 aliphatic rings. The van der Waals surface area contributed by atoms with Gasteiger partial charge in [0.1, 0.15) is 0 Å². The van der Waals surface area contributed by atoms with Gasteiger partial charge in [-0.3, -0.25) is 4.90 Å². The summed E-state index contributed by atoms with van der Waals surface area (Å²) in [5.41, 5.74) is 0. The van der Waals surface area contributed by atoms with Crippen LogP contribution in [-0.2, 0) is 9.47 Å². The number of hydrogen-bond acceptors (Lipinski definition) is 4. The van der Waals surface area contributed by atoms with Gasteiger partial charge >= 0.3 is 6.09 Å². The molecule has 0 aliphatic carbocycles. The van der Waals surface area contributed by atoms with Gasteiger partial charge < -0.3 is 14.8 Å². The van der Waals surface area contributed by atoms with Gasteiger partial charge in [-0.1, -0.05) is 0 Å². The molecule has 0 aromatic rings. The van der Waals surface area contributed by atoms with Crippen LogP contribution in [0.5, 0.6) is 0 Å². The molecular weight excluding hydrogens is 208 g/mol. The van der Waals surface area contributed by atoms with Crippen molar-refractivity contribution in [2.24, 2.45) is 0 Å². The molecule has 0 bridgehead atoms. The van der Waals surface area contributed by atoms with Crippen molar-refractivity contribution in [1.29, 1.82) is 0 Å². The minimum absolute atomic E-state index is 0.213. The van der Waals surface area contributed by atoms with Crippen LogP contribution in [0, 0.1) is 0 Å². The summed E-state index contributed by atoms with van der Waals surface area (Å²) in [5, 5.41) is 2.88. The number of nitrogens with one attached hydrogen (secondary N) is 1. The van der Waals surface area contributed by atoms with E-state index in [1.165, 1.54) is 0 Å². The van der Waals surface area contributed by atoms with Crippen molar-refractivity contribution in [1.82, 2.24) is 10.2 Å². The molecule has 1 heterocycles. The predicted molar refractivity (Wildman–Crippen MR) is 61.5 cm³/mol. The molecule has 0 saturated carbocycles. The third kappa shape index (κ3) is 4.81. The maximum Gasteiger partial charge on any atom is 0.407 e.